The molecule has 1 aliphatic rings. The Morgan fingerprint density at radius 2 is 2.00 bits per heavy atom. The molecule has 0 saturated heterocycles. The maximum Gasteiger partial charge on any atom is 0.162 e. The van der Waals surface area contributed by atoms with Crippen molar-refractivity contribution >= 4 is 0 Å². The molecule has 0 amide bonds. The number of nitrogens with two attached hydrogens (primary N) is 1. The van der Waals surface area contributed by atoms with Gasteiger partial charge in [-0.2, -0.15) is 0 Å². The molecular formula is C12H13NO2. The zero-order valence-corrected chi connectivity index (χ0v) is 8.62. The van der Waals surface area contributed by atoms with E-state index in [-0.39, 0.29) is 6.04 Å². The fourth-order valence-electron chi connectivity index (χ4n) is 1.32. The Kier molecular flexibility index (Phi) is 2.79. The average Bonchev–Trinajstić information content (AvgIpc) is 2.26. The predicted molar refractivity (Wildman–Crippen MR) is 58.0 cm³/mol. The standard InChI is InChI=1S/C12H13NO2/c1-9(13)2-3-10-4-5-11-12(8-10)15-7-6-14-11/h4-5,8-9H,6-7,13H2,1H3. The van der Waals surface area contributed by atoms with E-state index in [4.69, 9.17) is 15.2 Å². The van der Waals surface area contributed by atoms with Gasteiger partial charge in [-0.3, -0.25) is 0 Å². The van der Waals surface area contributed by atoms with E-state index < -0.39 is 0 Å². The van der Waals surface area contributed by atoms with Crippen LogP contribution in [0, 0.1) is 11.8 Å². The second-order valence-electron chi connectivity index (χ2n) is 3.42. The molecule has 0 bridgehead atoms. The monoisotopic (exact) mass is 203 g/mol. The average molecular weight is 203 g/mol. The van der Waals surface area contributed by atoms with Gasteiger partial charge >= 0.3 is 0 Å². The molecule has 1 aromatic carbocycles. The molecule has 1 atom stereocenters. The first-order chi connectivity index (χ1) is 7.25. The van der Waals surface area contributed by atoms with Crippen molar-refractivity contribution in [2.45, 2.75) is 13.0 Å². The van der Waals surface area contributed by atoms with Gasteiger partial charge in [-0.25, -0.2) is 0 Å². The molecule has 78 valence electrons. The van der Waals surface area contributed by atoms with Gasteiger partial charge in [-0.15, -0.1) is 0 Å². The highest BCUT2D eigenvalue weighted by Gasteiger charge is 2.10. The summed E-state index contributed by atoms with van der Waals surface area (Å²) in [6.07, 6.45) is 0. The first kappa shape index (κ1) is 9.88. The Hall–Kier alpha value is -1.66. The lowest BCUT2D eigenvalue weighted by molar-refractivity contribution is 0.171. The first-order valence-electron chi connectivity index (χ1n) is 4.92. The van der Waals surface area contributed by atoms with Crippen LogP contribution >= 0.6 is 0 Å². The van der Waals surface area contributed by atoms with Crippen LogP contribution in [0.2, 0.25) is 0 Å². The highest BCUT2D eigenvalue weighted by atomic mass is 16.6. The van der Waals surface area contributed by atoms with E-state index in [1.54, 1.807) is 0 Å². The highest BCUT2D eigenvalue weighted by molar-refractivity contribution is 5.49. The summed E-state index contributed by atoms with van der Waals surface area (Å²) < 4.78 is 10.9. The molecule has 1 heterocycles. The maximum atomic E-state index is 5.55. The third-order valence-corrected chi connectivity index (χ3v) is 1.99. The second-order valence-corrected chi connectivity index (χ2v) is 3.42. The largest absolute Gasteiger partial charge is 0.486 e. The lowest BCUT2D eigenvalue weighted by Gasteiger charge is -2.17. The molecule has 0 radical (unpaired) electrons. The van der Waals surface area contributed by atoms with Crippen LogP contribution < -0.4 is 15.2 Å². The van der Waals surface area contributed by atoms with Gasteiger partial charge in [-0.1, -0.05) is 11.8 Å². The van der Waals surface area contributed by atoms with Crippen LogP contribution in [0.4, 0.5) is 0 Å². The molecule has 3 nitrogen and oxygen atoms in total. The van der Waals surface area contributed by atoms with Crippen molar-refractivity contribution < 1.29 is 9.47 Å². The Morgan fingerprint density at radius 1 is 1.27 bits per heavy atom. The van der Waals surface area contributed by atoms with Crippen LogP contribution in [0.25, 0.3) is 0 Å². The molecule has 0 aliphatic carbocycles. The smallest absolute Gasteiger partial charge is 0.162 e. The molecule has 2 rings (SSSR count). The number of fused-ring (bicyclic) bond motifs is 1. The summed E-state index contributed by atoms with van der Waals surface area (Å²) in [5.41, 5.74) is 6.45. The Morgan fingerprint density at radius 3 is 2.73 bits per heavy atom. The molecule has 0 saturated carbocycles. The topological polar surface area (TPSA) is 44.5 Å². The van der Waals surface area contributed by atoms with Gasteiger partial charge in [0.15, 0.2) is 11.5 Å². The summed E-state index contributed by atoms with van der Waals surface area (Å²) in [6.45, 7) is 3.06. The van der Waals surface area contributed by atoms with Crippen LogP contribution in [-0.4, -0.2) is 19.3 Å². The predicted octanol–water partition coefficient (Wildman–Crippen LogP) is 1.16. The van der Waals surface area contributed by atoms with Crippen molar-refractivity contribution in [1.82, 2.24) is 0 Å². The van der Waals surface area contributed by atoms with Crippen LogP contribution in [0.3, 0.4) is 0 Å². The number of benzene rings is 1. The fraction of sp³-hybridized carbons (Fsp3) is 0.333. The summed E-state index contributed by atoms with van der Waals surface area (Å²) in [4.78, 5) is 0. The lowest BCUT2D eigenvalue weighted by atomic mass is 10.2. The Bertz CT molecular complexity index is 415. The molecule has 2 N–H and O–H groups in total. The second kappa shape index (κ2) is 4.24. The maximum absolute atomic E-state index is 5.55. The van der Waals surface area contributed by atoms with Crippen molar-refractivity contribution in [3.8, 4) is 23.3 Å². The van der Waals surface area contributed by atoms with Crippen molar-refractivity contribution in [3.05, 3.63) is 23.8 Å². The number of rotatable bonds is 0. The molecule has 0 fully saturated rings. The number of hydrogen-bond acceptors (Lipinski definition) is 3. The highest BCUT2D eigenvalue weighted by Crippen LogP contribution is 2.30. The van der Waals surface area contributed by atoms with E-state index >= 15 is 0 Å². The van der Waals surface area contributed by atoms with E-state index in [1.807, 2.05) is 25.1 Å². The van der Waals surface area contributed by atoms with E-state index in [9.17, 15) is 0 Å². The van der Waals surface area contributed by atoms with Gasteiger partial charge in [0.05, 0.1) is 6.04 Å². The Balaban J connectivity index is 2.25. The summed E-state index contributed by atoms with van der Waals surface area (Å²) in [7, 11) is 0. The minimum Gasteiger partial charge on any atom is -0.486 e. The van der Waals surface area contributed by atoms with Crippen molar-refractivity contribution in [3.63, 3.8) is 0 Å². The van der Waals surface area contributed by atoms with Gasteiger partial charge in [0.25, 0.3) is 0 Å². The van der Waals surface area contributed by atoms with Gasteiger partial charge in [0, 0.05) is 5.56 Å². The third kappa shape index (κ3) is 2.42. The fourth-order valence-corrected chi connectivity index (χ4v) is 1.32. The summed E-state index contributed by atoms with van der Waals surface area (Å²) >= 11 is 0. The first-order valence-corrected chi connectivity index (χ1v) is 4.92. The van der Waals surface area contributed by atoms with Crippen molar-refractivity contribution in [1.29, 1.82) is 0 Å². The molecule has 1 aromatic rings. The summed E-state index contributed by atoms with van der Waals surface area (Å²) in [6, 6.07) is 5.55. The van der Waals surface area contributed by atoms with Crippen LogP contribution in [-0.2, 0) is 0 Å². The molecule has 0 aromatic heterocycles. The molecule has 15 heavy (non-hydrogen) atoms. The Labute approximate surface area is 89.2 Å². The van der Waals surface area contributed by atoms with E-state index in [1.165, 1.54) is 0 Å². The number of hydrogen-bond donors (Lipinski definition) is 1. The van der Waals surface area contributed by atoms with Gasteiger partial charge in [0.2, 0.25) is 0 Å². The molecule has 1 aliphatic heterocycles. The van der Waals surface area contributed by atoms with Crippen LogP contribution in [0.15, 0.2) is 18.2 Å². The van der Waals surface area contributed by atoms with Crippen LogP contribution in [0.5, 0.6) is 11.5 Å². The SMILES string of the molecule is CC(N)C#Cc1ccc2c(c1)OCCO2. The minimum absolute atomic E-state index is 0.113. The summed E-state index contributed by atoms with van der Waals surface area (Å²) in [5, 5.41) is 0. The molecule has 3 heteroatoms. The van der Waals surface area contributed by atoms with Crippen molar-refractivity contribution in [2.75, 3.05) is 13.2 Å². The lowest BCUT2D eigenvalue weighted by Crippen LogP contribution is -2.15. The zero-order valence-electron chi connectivity index (χ0n) is 8.62. The molecular weight excluding hydrogens is 190 g/mol. The van der Waals surface area contributed by atoms with E-state index in [2.05, 4.69) is 11.8 Å². The van der Waals surface area contributed by atoms with Gasteiger partial charge < -0.3 is 15.2 Å². The molecule has 1 unspecified atom stereocenters. The minimum atomic E-state index is -0.113. The van der Waals surface area contributed by atoms with Gasteiger partial charge in [0.1, 0.15) is 13.2 Å². The molecule has 0 spiro atoms. The van der Waals surface area contributed by atoms with Crippen molar-refractivity contribution in [2.24, 2.45) is 5.73 Å². The van der Waals surface area contributed by atoms with E-state index in [0.29, 0.717) is 13.2 Å². The summed E-state index contributed by atoms with van der Waals surface area (Å²) in [5.74, 6) is 7.43. The normalized spacial score (nSPS) is 15.1. The van der Waals surface area contributed by atoms with Gasteiger partial charge in [-0.05, 0) is 25.1 Å². The number of ether oxygens (including phenoxy) is 2. The van der Waals surface area contributed by atoms with E-state index in [0.717, 1.165) is 17.1 Å². The third-order valence-electron chi connectivity index (χ3n) is 1.99. The quantitative estimate of drug-likeness (QED) is 0.643. The van der Waals surface area contributed by atoms with Crippen LogP contribution in [0.1, 0.15) is 12.5 Å². The zero-order chi connectivity index (χ0) is 10.7.